The van der Waals surface area contributed by atoms with Crippen molar-refractivity contribution in [3.05, 3.63) is 102 Å². The Morgan fingerprint density at radius 1 is 1.05 bits per heavy atom. The second kappa shape index (κ2) is 9.98. The van der Waals surface area contributed by atoms with Crippen LogP contribution in [0.25, 0.3) is 22.9 Å². The summed E-state index contributed by atoms with van der Waals surface area (Å²) >= 11 is 0. The Morgan fingerprint density at radius 3 is 2.63 bits per heavy atom. The number of hydrogen-bond acceptors (Lipinski definition) is 7. The minimum atomic E-state index is -0.859. The second-order valence-corrected chi connectivity index (χ2v) is 9.04. The molecule has 5 aromatic rings. The van der Waals surface area contributed by atoms with Gasteiger partial charge in [-0.25, -0.2) is 14.4 Å². The van der Waals surface area contributed by atoms with E-state index >= 15 is 0 Å². The summed E-state index contributed by atoms with van der Waals surface area (Å²) in [4.78, 5) is 21.9. The molecule has 9 nitrogen and oxygen atoms in total. The number of anilines is 1. The molecule has 1 N–H and O–H groups in total. The number of nitrogens with one attached hydrogen (secondary N) is 1. The third-order valence-electron chi connectivity index (χ3n) is 6.36. The van der Waals surface area contributed by atoms with Gasteiger partial charge in [0.15, 0.2) is 5.82 Å². The van der Waals surface area contributed by atoms with Crippen LogP contribution in [-0.4, -0.2) is 36.4 Å². The largest absolute Gasteiger partial charge is 0.364 e. The van der Waals surface area contributed by atoms with Crippen LogP contribution in [-0.2, 0) is 22.7 Å². The maximum Gasteiger partial charge on any atom is 0.257 e. The summed E-state index contributed by atoms with van der Waals surface area (Å²) in [5, 5.41) is 11.5. The highest BCUT2D eigenvalue weighted by Crippen LogP contribution is 2.41. The first-order chi connectivity index (χ1) is 18.6. The maximum absolute atomic E-state index is 14.4. The summed E-state index contributed by atoms with van der Waals surface area (Å²) in [6, 6.07) is 21.3. The van der Waals surface area contributed by atoms with E-state index in [0.29, 0.717) is 53.7 Å². The van der Waals surface area contributed by atoms with E-state index < -0.39 is 5.60 Å². The number of ether oxygens (including phenoxy) is 1. The van der Waals surface area contributed by atoms with Crippen molar-refractivity contribution in [1.82, 2.24) is 24.9 Å². The van der Waals surface area contributed by atoms with E-state index in [0.717, 1.165) is 5.56 Å². The number of aromatic nitrogens is 5. The number of halogens is 1. The number of hydrogen-bond donors (Lipinski definition) is 1. The zero-order valence-electron chi connectivity index (χ0n) is 20.3. The van der Waals surface area contributed by atoms with Crippen molar-refractivity contribution in [2.24, 2.45) is 0 Å². The molecule has 3 heterocycles. The summed E-state index contributed by atoms with van der Waals surface area (Å²) in [5.41, 5.74) is 2.21. The van der Waals surface area contributed by atoms with Gasteiger partial charge in [-0.3, -0.25) is 9.48 Å². The summed E-state index contributed by atoms with van der Waals surface area (Å²) < 4.78 is 27.0. The fraction of sp³-hybridized carbons (Fsp3) is 0.179. The van der Waals surface area contributed by atoms with Crippen molar-refractivity contribution in [1.29, 1.82) is 0 Å². The van der Waals surface area contributed by atoms with Crippen molar-refractivity contribution in [2.75, 3.05) is 5.32 Å². The Morgan fingerprint density at radius 2 is 1.87 bits per heavy atom. The number of amides is 1. The molecule has 10 heteroatoms. The molecule has 0 spiro atoms. The molecular weight excluding hydrogens is 487 g/mol. The second-order valence-electron chi connectivity index (χ2n) is 9.04. The normalized spacial score (nSPS) is 13.8. The Balaban J connectivity index is 1.22. The highest BCUT2D eigenvalue weighted by atomic mass is 19.1. The van der Waals surface area contributed by atoms with Gasteiger partial charge >= 0.3 is 0 Å². The van der Waals surface area contributed by atoms with Crippen LogP contribution < -0.4 is 5.32 Å². The SMILES string of the molecule is O=C(Nc1ccnc(-c2cc(-c3ccon3)n(Cc3ccccc3F)n2)n1)C1(OCc2ccccc2)CC1. The Labute approximate surface area is 217 Å². The smallest absolute Gasteiger partial charge is 0.257 e. The summed E-state index contributed by atoms with van der Waals surface area (Å²) in [6.07, 6.45) is 4.29. The molecule has 0 bridgehead atoms. The molecule has 2 aromatic carbocycles. The van der Waals surface area contributed by atoms with Gasteiger partial charge in [-0.05, 0) is 36.6 Å². The molecule has 0 radical (unpaired) electrons. The molecule has 0 aliphatic heterocycles. The lowest BCUT2D eigenvalue weighted by Crippen LogP contribution is -2.32. The third kappa shape index (κ3) is 4.94. The topological polar surface area (TPSA) is 108 Å². The van der Waals surface area contributed by atoms with Gasteiger partial charge in [0.25, 0.3) is 5.91 Å². The van der Waals surface area contributed by atoms with E-state index in [9.17, 15) is 9.18 Å². The first-order valence-electron chi connectivity index (χ1n) is 12.1. The fourth-order valence-electron chi connectivity index (χ4n) is 4.11. The molecule has 1 aliphatic rings. The highest BCUT2D eigenvalue weighted by molar-refractivity contribution is 5.98. The predicted octanol–water partition coefficient (Wildman–Crippen LogP) is 4.87. The number of rotatable bonds is 9. The van der Waals surface area contributed by atoms with Gasteiger partial charge in [0, 0.05) is 17.8 Å². The molecule has 0 saturated heterocycles. The van der Waals surface area contributed by atoms with Crippen LogP contribution in [0.4, 0.5) is 10.2 Å². The van der Waals surface area contributed by atoms with Gasteiger partial charge in [0.2, 0.25) is 0 Å². The lowest BCUT2D eigenvalue weighted by molar-refractivity contribution is -0.131. The van der Waals surface area contributed by atoms with Crippen LogP contribution in [0.2, 0.25) is 0 Å². The van der Waals surface area contributed by atoms with Gasteiger partial charge in [0.1, 0.15) is 34.9 Å². The Kier molecular flexibility index (Phi) is 6.22. The molecule has 38 heavy (non-hydrogen) atoms. The van der Waals surface area contributed by atoms with Crippen molar-refractivity contribution in [3.63, 3.8) is 0 Å². The van der Waals surface area contributed by atoms with Gasteiger partial charge in [0.05, 0.1) is 18.8 Å². The number of benzene rings is 2. The fourth-order valence-corrected chi connectivity index (χ4v) is 4.11. The summed E-state index contributed by atoms with van der Waals surface area (Å²) in [6.45, 7) is 0.528. The van der Waals surface area contributed by atoms with Crippen LogP contribution >= 0.6 is 0 Å². The standard InChI is InChI=1S/C28H23FN6O3/c29-21-9-5-4-8-20(21)17-35-24(22-11-15-38-34-22)16-23(33-35)26-30-14-10-25(31-26)32-27(36)28(12-13-28)37-18-19-6-2-1-3-7-19/h1-11,14-16H,12-13,17-18H2,(H,30,31,32,36). The first kappa shape index (κ1) is 23.7. The molecule has 3 aromatic heterocycles. The minimum Gasteiger partial charge on any atom is -0.364 e. The van der Waals surface area contributed by atoms with Gasteiger partial charge in [-0.15, -0.1) is 0 Å². The van der Waals surface area contributed by atoms with E-state index in [1.54, 1.807) is 47.3 Å². The molecule has 0 unspecified atom stereocenters. The molecule has 1 saturated carbocycles. The van der Waals surface area contributed by atoms with Crippen LogP contribution in [0.3, 0.4) is 0 Å². The lowest BCUT2D eigenvalue weighted by Gasteiger charge is -2.16. The quantitative estimate of drug-likeness (QED) is 0.301. The molecule has 6 rings (SSSR count). The summed E-state index contributed by atoms with van der Waals surface area (Å²) in [5.74, 6) is 0.0580. The molecular formula is C28H23FN6O3. The van der Waals surface area contributed by atoms with Gasteiger partial charge < -0.3 is 14.6 Å². The average molecular weight is 511 g/mol. The van der Waals surface area contributed by atoms with E-state index in [1.807, 2.05) is 30.3 Å². The molecule has 0 atom stereocenters. The number of nitrogens with zero attached hydrogens (tertiary/aromatic N) is 5. The lowest BCUT2D eigenvalue weighted by atomic mass is 10.2. The molecule has 1 fully saturated rings. The zero-order valence-corrected chi connectivity index (χ0v) is 20.3. The van der Waals surface area contributed by atoms with E-state index in [2.05, 4.69) is 25.5 Å². The average Bonchev–Trinajstić information content (AvgIpc) is 3.33. The predicted molar refractivity (Wildman–Crippen MR) is 136 cm³/mol. The van der Waals surface area contributed by atoms with Crippen LogP contribution in [0, 0.1) is 5.82 Å². The zero-order chi connectivity index (χ0) is 26.0. The van der Waals surface area contributed by atoms with Crippen molar-refractivity contribution in [3.8, 4) is 22.9 Å². The number of carbonyl (C=O) groups is 1. The highest BCUT2D eigenvalue weighted by Gasteiger charge is 2.51. The minimum absolute atomic E-state index is 0.173. The third-order valence-corrected chi connectivity index (χ3v) is 6.36. The van der Waals surface area contributed by atoms with Crippen molar-refractivity contribution in [2.45, 2.75) is 31.6 Å². The van der Waals surface area contributed by atoms with E-state index in [4.69, 9.17) is 9.26 Å². The van der Waals surface area contributed by atoms with Crippen molar-refractivity contribution < 1.29 is 18.4 Å². The monoisotopic (exact) mass is 510 g/mol. The summed E-state index contributed by atoms with van der Waals surface area (Å²) in [7, 11) is 0. The van der Waals surface area contributed by atoms with Gasteiger partial charge in [-0.1, -0.05) is 53.7 Å². The Hall–Kier alpha value is -4.70. The van der Waals surface area contributed by atoms with Crippen LogP contribution in [0.15, 0.2) is 89.8 Å². The van der Waals surface area contributed by atoms with Gasteiger partial charge in [-0.2, -0.15) is 5.10 Å². The van der Waals surface area contributed by atoms with Crippen LogP contribution in [0.5, 0.6) is 0 Å². The van der Waals surface area contributed by atoms with E-state index in [-0.39, 0.29) is 18.3 Å². The van der Waals surface area contributed by atoms with Crippen molar-refractivity contribution >= 4 is 11.7 Å². The van der Waals surface area contributed by atoms with Crippen LogP contribution in [0.1, 0.15) is 24.0 Å². The molecule has 190 valence electrons. The Bertz CT molecular complexity index is 1560. The number of carbonyl (C=O) groups excluding carboxylic acids is 1. The van der Waals surface area contributed by atoms with E-state index in [1.165, 1.54) is 12.3 Å². The first-order valence-corrected chi connectivity index (χ1v) is 12.1. The molecule has 1 aliphatic carbocycles. The molecule has 1 amide bonds. The maximum atomic E-state index is 14.4.